The van der Waals surface area contributed by atoms with Crippen LogP contribution < -0.4 is 10.0 Å². The van der Waals surface area contributed by atoms with Gasteiger partial charge in [0.15, 0.2) is 0 Å². The van der Waals surface area contributed by atoms with Gasteiger partial charge in [-0.25, -0.2) is 13.1 Å². The first-order chi connectivity index (χ1) is 10.9. The van der Waals surface area contributed by atoms with Crippen LogP contribution >= 0.6 is 0 Å². The summed E-state index contributed by atoms with van der Waals surface area (Å²) in [6.45, 7) is 1.87. The van der Waals surface area contributed by atoms with Crippen molar-refractivity contribution in [1.82, 2.24) is 10.0 Å². The highest BCUT2D eigenvalue weighted by atomic mass is 32.2. The van der Waals surface area contributed by atoms with E-state index < -0.39 is 27.8 Å². The van der Waals surface area contributed by atoms with Gasteiger partial charge in [-0.1, -0.05) is 30.3 Å². The summed E-state index contributed by atoms with van der Waals surface area (Å²) in [5.41, 5.74) is 0.902. The number of rotatable bonds is 9. The zero-order valence-corrected chi connectivity index (χ0v) is 13.9. The van der Waals surface area contributed by atoms with E-state index in [2.05, 4.69) is 10.0 Å². The summed E-state index contributed by atoms with van der Waals surface area (Å²) in [6.07, 6.45) is 2.48. The topological polar surface area (TPSA) is 92.3 Å². The SMILES string of the molecule is CC(NS(=O)(=O)CCc1ccccc1)C(=O)C(=O)NCC1CC1. The van der Waals surface area contributed by atoms with Gasteiger partial charge in [0.05, 0.1) is 11.8 Å². The average molecular weight is 338 g/mol. The van der Waals surface area contributed by atoms with Crippen LogP contribution in [0.5, 0.6) is 0 Å². The van der Waals surface area contributed by atoms with E-state index in [1.54, 1.807) is 0 Å². The molecule has 1 unspecified atom stereocenters. The molecule has 0 heterocycles. The van der Waals surface area contributed by atoms with Gasteiger partial charge in [-0.3, -0.25) is 9.59 Å². The summed E-state index contributed by atoms with van der Waals surface area (Å²) in [5, 5.41) is 2.55. The van der Waals surface area contributed by atoms with E-state index in [0.717, 1.165) is 18.4 Å². The quantitative estimate of drug-likeness (QED) is 0.646. The molecule has 0 spiro atoms. The molecule has 1 aliphatic rings. The highest BCUT2D eigenvalue weighted by Gasteiger charge is 2.27. The highest BCUT2D eigenvalue weighted by Crippen LogP contribution is 2.27. The second kappa shape index (κ2) is 7.70. The van der Waals surface area contributed by atoms with Crippen molar-refractivity contribution in [3.63, 3.8) is 0 Å². The standard InChI is InChI=1S/C16H22N2O4S/c1-12(15(19)16(20)17-11-14-7-8-14)18-23(21,22)10-9-13-5-3-2-4-6-13/h2-6,12,14,18H,7-11H2,1H3,(H,17,20). The number of carbonyl (C=O) groups excluding carboxylic acids is 2. The molecule has 0 radical (unpaired) electrons. The normalized spacial score (nSPS) is 15.9. The molecule has 7 heteroatoms. The second-order valence-corrected chi connectivity index (χ2v) is 7.79. The van der Waals surface area contributed by atoms with E-state index in [9.17, 15) is 18.0 Å². The second-order valence-electron chi connectivity index (χ2n) is 5.91. The first kappa shape index (κ1) is 17.6. The third kappa shape index (κ3) is 6.11. The molecule has 2 rings (SSSR count). The summed E-state index contributed by atoms with van der Waals surface area (Å²) in [7, 11) is -3.63. The van der Waals surface area contributed by atoms with Gasteiger partial charge in [-0.15, -0.1) is 0 Å². The monoisotopic (exact) mass is 338 g/mol. The van der Waals surface area contributed by atoms with Crippen LogP contribution in [0.2, 0.25) is 0 Å². The van der Waals surface area contributed by atoms with Gasteiger partial charge < -0.3 is 5.32 Å². The minimum absolute atomic E-state index is 0.127. The molecule has 126 valence electrons. The third-order valence-electron chi connectivity index (χ3n) is 3.72. The molecule has 1 fully saturated rings. The molecular weight excluding hydrogens is 316 g/mol. The van der Waals surface area contributed by atoms with E-state index in [1.165, 1.54) is 6.92 Å². The van der Waals surface area contributed by atoms with E-state index in [0.29, 0.717) is 18.9 Å². The number of amides is 1. The molecule has 1 amide bonds. The molecule has 0 saturated heterocycles. The summed E-state index contributed by atoms with van der Waals surface area (Å²) in [5.74, 6) is -1.15. The zero-order valence-electron chi connectivity index (χ0n) is 13.1. The Morgan fingerprint density at radius 1 is 1.22 bits per heavy atom. The molecule has 1 aromatic rings. The lowest BCUT2D eigenvalue weighted by atomic mass is 10.2. The molecule has 0 aliphatic heterocycles. The van der Waals surface area contributed by atoms with Crippen LogP contribution in [0.1, 0.15) is 25.3 Å². The first-order valence-corrected chi connectivity index (χ1v) is 9.38. The fourth-order valence-corrected chi connectivity index (χ4v) is 3.39. The minimum atomic E-state index is -3.63. The van der Waals surface area contributed by atoms with Gasteiger partial charge >= 0.3 is 0 Å². The number of carbonyl (C=O) groups is 2. The van der Waals surface area contributed by atoms with Gasteiger partial charge in [-0.05, 0) is 37.7 Å². The third-order valence-corrected chi connectivity index (χ3v) is 5.18. The number of sulfonamides is 1. The summed E-state index contributed by atoms with van der Waals surface area (Å²) in [4.78, 5) is 23.6. The van der Waals surface area contributed by atoms with Crippen LogP contribution in [0.15, 0.2) is 30.3 Å². The van der Waals surface area contributed by atoms with Crippen LogP contribution in [0, 0.1) is 5.92 Å². The van der Waals surface area contributed by atoms with Crippen molar-refractivity contribution in [2.24, 2.45) is 5.92 Å². The lowest BCUT2D eigenvalue weighted by Gasteiger charge is -2.13. The van der Waals surface area contributed by atoms with E-state index in [4.69, 9.17) is 0 Å². The largest absolute Gasteiger partial charge is 0.349 e. The number of Topliss-reactive ketones (excluding diaryl/α,β-unsaturated/α-hetero) is 1. The fraction of sp³-hybridized carbons (Fsp3) is 0.500. The van der Waals surface area contributed by atoms with Crippen molar-refractivity contribution in [1.29, 1.82) is 0 Å². The van der Waals surface area contributed by atoms with Crippen LogP contribution in [-0.4, -0.2) is 38.4 Å². The number of aryl methyl sites for hydroxylation is 1. The van der Waals surface area contributed by atoms with Crippen molar-refractivity contribution in [2.75, 3.05) is 12.3 Å². The van der Waals surface area contributed by atoms with Gasteiger partial charge in [0.2, 0.25) is 15.8 Å². The van der Waals surface area contributed by atoms with E-state index in [-0.39, 0.29) is 5.75 Å². The molecule has 1 aliphatic carbocycles. The van der Waals surface area contributed by atoms with Gasteiger partial charge in [-0.2, -0.15) is 0 Å². The number of nitrogens with one attached hydrogen (secondary N) is 2. The van der Waals surface area contributed by atoms with Crippen molar-refractivity contribution in [3.05, 3.63) is 35.9 Å². The number of ketones is 1. The van der Waals surface area contributed by atoms with Gasteiger partial charge in [0, 0.05) is 6.54 Å². The maximum atomic E-state index is 12.0. The van der Waals surface area contributed by atoms with E-state index >= 15 is 0 Å². The summed E-state index contributed by atoms with van der Waals surface area (Å²) < 4.78 is 26.3. The average Bonchev–Trinajstić information content (AvgIpc) is 3.35. The molecule has 23 heavy (non-hydrogen) atoms. The molecule has 2 N–H and O–H groups in total. The van der Waals surface area contributed by atoms with Crippen LogP contribution in [0.4, 0.5) is 0 Å². The molecular formula is C16H22N2O4S. The Labute approximate surface area is 136 Å². The van der Waals surface area contributed by atoms with Crippen molar-refractivity contribution in [2.45, 2.75) is 32.2 Å². The summed E-state index contributed by atoms with van der Waals surface area (Å²) >= 11 is 0. The zero-order chi connectivity index (χ0) is 16.9. The lowest BCUT2D eigenvalue weighted by molar-refractivity contribution is -0.138. The molecule has 0 aromatic heterocycles. The Balaban J connectivity index is 1.80. The molecule has 6 nitrogen and oxygen atoms in total. The minimum Gasteiger partial charge on any atom is -0.349 e. The van der Waals surface area contributed by atoms with Gasteiger partial charge in [0.1, 0.15) is 0 Å². The van der Waals surface area contributed by atoms with Crippen molar-refractivity contribution in [3.8, 4) is 0 Å². The summed E-state index contributed by atoms with van der Waals surface area (Å²) in [6, 6.07) is 8.16. The highest BCUT2D eigenvalue weighted by molar-refractivity contribution is 7.89. The number of hydrogen-bond acceptors (Lipinski definition) is 4. The maximum absolute atomic E-state index is 12.0. The number of benzene rings is 1. The maximum Gasteiger partial charge on any atom is 0.289 e. The molecule has 0 bridgehead atoms. The van der Waals surface area contributed by atoms with Crippen molar-refractivity contribution < 1.29 is 18.0 Å². The Morgan fingerprint density at radius 2 is 1.87 bits per heavy atom. The molecule has 1 aromatic carbocycles. The van der Waals surface area contributed by atoms with E-state index in [1.807, 2.05) is 30.3 Å². The molecule has 1 saturated carbocycles. The fourth-order valence-electron chi connectivity index (χ4n) is 2.12. The number of hydrogen-bond donors (Lipinski definition) is 2. The predicted octanol–water partition coefficient (Wildman–Crippen LogP) is 0.632. The van der Waals surface area contributed by atoms with Gasteiger partial charge in [0.25, 0.3) is 5.91 Å². The Hall–Kier alpha value is -1.73. The Kier molecular flexibility index (Phi) is 5.90. The Bertz CT molecular complexity index is 654. The van der Waals surface area contributed by atoms with Crippen LogP contribution in [0.25, 0.3) is 0 Å². The lowest BCUT2D eigenvalue weighted by Crippen LogP contribution is -2.46. The van der Waals surface area contributed by atoms with Crippen LogP contribution in [-0.2, 0) is 26.0 Å². The van der Waals surface area contributed by atoms with Crippen molar-refractivity contribution >= 4 is 21.7 Å². The smallest absolute Gasteiger partial charge is 0.289 e. The Morgan fingerprint density at radius 3 is 2.48 bits per heavy atom. The molecule has 1 atom stereocenters. The van der Waals surface area contributed by atoms with Crippen LogP contribution in [0.3, 0.4) is 0 Å². The first-order valence-electron chi connectivity index (χ1n) is 7.73. The predicted molar refractivity (Wildman–Crippen MR) is 87.3 cm³/mol.